The molecular weight excluding hydrogens is 413 g/mol. The summed E-state index contributed by atoms with van der Waals surface area (Å²) >= 11 is 0. The predicted molar refractivity (Wildman–Crippen MR) is 114 cm³/mol. The van der Waals surface area contributed by atoms with Crippen LogP contribution in [0.3, 0.4) is 0 Å². The molecule has 1 aromatic heterocycles. The van der Waals surface area contributed by atoms with Gasteiger partial charge >= 0.3 is 0 Å². The van der Waals surface area contributed by atoms with Crippen molar-refractivity contribution in [3.63, 3.8) is 0 Å². The lowest BCUT2D eigenvalue weighted by molar-refractivity contribution is -0.130. The van der Waals surface area contributed by atoms with Crippen LogP contribution in [0.4, 0.5) is 10.1 Å². The van der Waals surface area contributed by atoms with Gasteiger partial charge in [0.1, 0.15) is 17.4 Å². The van der Waals surface area contributed by atoms with Gasteiger partial charge in [-0.15, -0.1) is 0 Å². The third-order valence-corrected chi connectivity index (χ3v) is 5.28. The van der Waals surface area contributed by atoms with Crippen molar-refractivity contribution < 1.29 is 18.5 Å². The number of halogens is 1. The highest BCUT2D eigenvalue weighted by atomic mass is 19.1. The molecule has 3 aromatic rings. The number of carbonyl (C=O) groups excluding carboxylic acids is 2. The largest absolute Gasteiger partial charge is 0.367 e. The highest BCUT2D eigenvalue weighted by molar-refractivity contribution is 5.95. The van der Waals surface area contributed by atoms with Crippen molar-refractivity contribution in [3.8, 4) is 17.4 Å². The fourth-order valence-corrected chi connectivity index (χ4v) is 3.56. The summed E-state index contributed by atoms with van der Waals surface area (Å²) in [6.45, 7) is 1.55. The summed E-state index contributed by atoms with van der Waals surface area (Å²) in [6, 6.07) is 17.2. The molecule has 2 heterocycles. The second-order valence-corrected chi connectivity index (χ2v) is 7.24. The molecule has 1 N–H and O–H groups in total. The predicted octanol–water partition coefficient (Wildman–Crippen LogP) is 2.43. The van der Waals surface area contributed by atoms with Crippen molar-refractivity contribution in [2.75, 3.05) is 37.6 Å². The fourth-order valence-electron chi connectivity index (χ4n) is 3.56. The Kier molecular flexibility index (Phi) is 6.12. The molecule has 1 aliphatic heterocycles. The Balaban J connectivity index is 1.30. The topological polar surface area (TPSA) is 102 Å². The van der Waals surface area contributed by atoms with Crippen LogP contribution in [0.15, 0.2) is 59.1 Å². The zero-order valence-electron chi connectivity index (χ0n) is 17.1. The number of aromatic nitrogens is 1. The zero-order valence-corrected chi connectivity index (χ0v) is 17.1. The normalized spacial score (nSPS) is 13.5. The van der Waals surface area contributed by atoms with Gasteiger partial charge in [-0.2, -0.15) is 5.26 Å². The molecule has 32 heavy (non-hydrogen) atoms. The number of nitrogens with zero attached hydrogens (tertiary/aromatic N) is 4. The lowest BCUT2D eigenvalue weighted by atomic mass is 10.1. The number of rotatable bonds is 5. The summed E-state index contributed by atoms with van der Waals surface area (Å²) < 4.78 is 19.1. The van der Waals surface area contributed by atoms with Crippen LogP contribution in [0.2, 0.25) is 0 Å². The maximum absolute atomic E-state index is 13.9. The van der Waals surface area contributed by atoms with E-state index in [4.69, 9.17) is 4.52 Å². The second kappa shape index (κ2) is 9.31. The third-order valence-electron chi connectivity index (χ3n) is 5.28. The number of anilines is 1. The van der Waals surface area contributed by atoms with Crippen LogP contribution < -0.4 is 10.2 Å². The SMILES string of the molecule is N#Cc1c(F)cccc1N1CCN(C(=O)CNC(=O)c2cc(-c3ccccc3)on2)CC1. The van der Waals surface area contributed by atoms with Crippen LogP contribution in [0.5, 0.6) is 0 Å². The summed E-state index contributed by atoms with van der Waals surface area (Å²) in [7, 11) is 0. The van der Waals surface area contributed by atoms with Gasteiger partial charge in [0.15, 0.2) is 11.5 Å². The molecule has 0 saturated carbocycles. The molecule has 9 heteroatoms. The smallest absolute Gasteiger partial charge is 0.273 e. The number of benzene rings is 2. The lowest BCUT2D eigenvalue weighted by Crippen LogP contribution is -2.51. The van der Waals surface area contributed by atoms with Gasteiger partial charge in [-0.05, 0) is 12.1 Å². The van der Waals surface area contributed by atoms with Crippen molar-refractivity contribution in [1.82, 2.24) is 15.4 Å². The molecule has 4 rings (SSSR count). The van der Waals surface area contributed by atoms with Crippen LogP contribution >= 0.6 is 0 Å². The minimum absolute atomic E-state index is 0.00187. The van der Waals surface area contributed by atoms with E-state index in [2.05, 4.69) is 10.5 Å². The average Bonchev–Trinajstić information content (AvgIpc) is 3.33. The molecule has 0 atom stereocenters. The Morgan fingerprint density at radius 3 is 2.56 bits per heavy atom. The molecule has 0 unspecified atom stereocenters. The highest BCUT2D eigenvalue weighted by Crippen LogP contribution is 2.24. The van der Waals surface area contributed by atoms with Gasteiger partial charge in [-0.25, -0.2) is 4.39 Å². The van der Waals surface area contributed by atoms with E-state index in [0.717, 1.165) is 5.56 Å². The van der Waals surface area contributed by atoms with E-state index in [1.165, 1.54) is 12.1 Å². The molecule has 2 amide bonds. The third kappa shape index (κ3) is 4.44. The first-order chi connectivity index (χ1) is 15.6. The molecule has 162 valence electrons. The van der Waals surface area contributed by atoms with Gasteiger partial charge in [0.2, 0.25) is 5.91 Å². The summed E-state index contributed by atoms with van der Waals surface area (Å²) in [5.41, 5.74) is 1.41. The van der Waals surface area contributed by atoms with Gasteiger partial charge in [0.05, 0.1) is 12.2 Å². The highest BCUT2D eigenvalue weighted by Gasteiger charge is 2.24. The Labute approximate surface area is 183 Å². The van der Waals surface area contributed by atoms with Crippen LogP contribution in [0, 0.1) is 17.1 Å². The van der Waals surface area contributed by atoms with E-state index in [1.807, 2.05) is 41.3 Å². The fraction of sp³-hybridized carbons (Fsp3) is 0.217. The van der Waals surface area contributed by atoms with Crippen LogP contribution in [0.25, 0.3) is 11.3 Å². The van der Waals surface area contributed by atoms with Crippen LogP contribution in [-0.2, 0) is 4.79 Å². The van der Waals surface area contributed by atoms with Crippen LogP contribution in [-0.4, -0.2) is 54.6 Å². The number of hydrogen-bond acceptors (Lipinski definition) is 6. The maximum Gasteiger partial charge on any atom is 0.273 e. The summed E-state index contributed by atoms with van der Waals surface area (Å²) in [6.07, 6.45) is 0. The Bertz CT molecular complexity index is 1160. The van der Waals surface area contributed by atoms with Crippen molar-refractivity contribution in [3.05, 3.63) is 71.7 Å². The molecule has 0 bridgehead atoms. The summed E-state index contributed by atoms with van der Waals surface area (Å²) in [4.78, 5) is 28.4. The van der Waals surface area contributed by atoms with E-state index < -0.39 is 11.7 Å². The maximum atomic E-state index is 13.9. The van der Waals surface area contributed by atoms with E-state index in [1.54, 1.807) is 17.0 Å². The molecule has 8 nitrogen and oxygen atoms in total. The molecule has 0 radical (unpaired) electrons. The number of hydrogen-bond donors (Lipinski definition) is 1. The second-order valence-electron chi connectivity index (χ2n) is 7.24. The number of nitriles is 1. The Hall–Kier alpha value is -4.19. The quantitative estimate of drug-likeness (QED) is 0.663. The molecule has 1 fully saturated rings. The number of amides is 2. The number of carbonyl (C=O) groups is 2. The number of piperazine rings is 1. The van der Waals surface area contributed by atoms with Crippen LogP contribution in [0.1, 0.15) is 16.1 Å². The van der Waals surface area contributed by atoms with Crippen molar-refractivity contribution in [2.24, 2.45) is 0 Å². The van der Waals surface area contributed by atoms with Crippen molar-refractivity contribution >= 4 is 17.5 Å². The van der Waals surface area contributed by atoms with E-state index >= 15 is 0 Å². The minimum atomic E-state index is -0.561. The van der Waals surface area contributed by atoms with Gasteiger partial charge in [-0.1, -0.05) is 41.6 Å². The molecule has 2 aromatic carbocycles. The molecular formula is C23H20FN5O3. The van der Waals surface area contributed by atoms with E-state index in [0.29, 0.717) is 37.6 Å². The van der Waals surface area contributed by atoms with E-state index in [9.17, 15) is 19.2 Å². The van der Waals surface area contributed by atoms with Gasteiger partial charge in [0, 0.05) is 37.8 Å². The minimum Gasteiger partial charge on any atom is -0.367 e. The lowest BCUT2D eigenvalue weighted by Gasteiger charge is -2.36. The molecule has 1 saturated heterocycles. The van der Waals surface area contributed by atoms with Gasteiger partial charge in [0.25, 0.3) is 5.91 Å². The zero-order chi connectivity index (χ0) is 22.5. The Morgan fingerprint density at radius 2 is 1.84 bits per heavy atom. The van der Waals surface area contributed by atoms with Gasteiger partial charge < -0.3 is 19.6 Å². The van der Waals surface area contributed by atoms with Crippen molar-refractivity contribution in [1.29, 1.82) is 5.26 Å². The molecule has 0 aliphatic carbocycles. The molecule has 0 spiro atoms. The Morgan fingerprint density at radius 1 is 1.09 bits per heavy atom. The van der Waals surface area contributed by atoms with E-state index in [-0.39, 0.29) is 23.7 Å². The number of nitrogens with one attached hydrogen (secondary N) is 1. The average molecular weight is 433 g/mol. The van der Waals surface area contributed by atoms with Crippen molar-refractivity contribution in [2.45, 2.75) is 0 Å². The first kappa shape index (κ1) is 21.1. The van der Waals surface area contributed by atoms with Gasteiger partial charge in [-0.3, -0.25) is 9.59 Å². The summed E-state index contributed by atoms with van der Waals surface area (Å²) in [5.74, 6) is -0.826. The standard InChI is InChI=1S/C23H20FN5O3/c24-18-7-4-8-20(17(18)14-25)28-9-11-29(12-10-28)22(30)15-26-23(31)19-13-21(32-27-19)16-5-2-1-3-6-16/h1-8,13H,9-12,15H2,(H,26,31). The summed E-state index contributed by atoms with van der Waals surface area (Å²) in [5, 5.41) is 15.6. The molecule has 1 aliphatic rings. The monoisotopic (exact) mass is 433 g/mol. The first-order valence-electron chi connectivity index (χ1n) is 10.1. The first-order valence-corrected chi connectivity index (χ1v) is 10.1.